The highest BCUT2D eigenvalue weighted by molar-refractivity contribution is 5.70. The van der Waals surface area contributed by atoms with Crippen molar-refractivity contribution in [1.82, 2.24) is 0 Å². The number of hydrogen-bond acceptors (Lipinski definition) is 3. The number of carbonyl (C=O) groups is 1. The van der Waals surface area contributed by atoms with Crippen LogP contribution >= 0.6 is 0 Å². The Kier molecular flexibility index (Phi) is 2.69. The molecule has 5 N–H and O–H groups in total. The Morgan fingerprint density at radius 1 is 1.67 bits per heavy atom. The molecule has 0 aromatic heterocycles. The van der Waals surface area contributed by atoms with Crippen molar-refractivity contribution >= 4 is 5.97 Å². The Labute approximate surface area is 71.9 Å². The number of carboxylic acid groups (broad SMARTS) is 1. The van der Waals surface area contributed by atoms with E-state index >= 15 is 0 Å². The molecule has 4 heteroatoms. The third kappa shape index (κ3) is 1.95. The van der Waals surface area contributed by atoms with Crippen LogP contribution in [0.4, 0.5) is 0 Å². The van der Waals surface area contributed by atoms with Crippen molar-refractivity contribution in [3.8, 4) is 0 Å². The van der Waals surface area contributed by atoms with E-state index in [1.807, 2.05) is 0 Å². The van der Waals surface area contributed by atoms with Gasteiger partial charge >= 0.3 is 5.97 Å². The average Bonchev–Trinajstić information content (AvgIpc) is 2.33. The largest absolute Gasteiger partial charge is 0.481 e. The van der Waals surface area contributed by atoms with Gasteiger partial charge in [-0.3, -0.25) is 4.79 Å². The van der Waals surface area contributed by atoms with Gasteiger partial charge in [0.05, 0.1) is 5.92 Å². The Bertz CT molecular complexity index is 184. The third-order valence-corrected chi connectivity index (χ3v) is 2.64. The quantitative estimate of drug-likeness (QED) is 0.555. The van der Waals surface area contributed by atoms with Crippen LogP contribution in [0.2, 0.25) is 0 Å². The van der Waals surface area contributed by atoms with Gasteiger partial charge in [-0.25, -0.2) is 0 Å². The molecule has 0 amide bonds. The van der Waals surface area contributed by atoms with Crippen molar-refractivity contribution in [2.75, 3.05) is 6.54 Å². The fraction of sp³-hybridized carbons (Fsp3) is 0.875. The van der Waals surface area contributed by atoms with Gasteiger partial charge in [-0.05, 0) is 32.2 Å². The van der Waals surface area contributed by atoms with Crippen LogP contribution in [0.15, 0.2) is 0 Å². The highest BCUT2D eigenvalue weighted by atomic mass is 16.4. The van der Waals surface area contributed by atoms with Gasteiger partial charge in [0.2, 0.25) is 0 Å². The lowest BCUT2D eigenvalue weighted by Crippen LogP contribution is -2.39. The van der Waals surface area contributed by atoms with E-state index in [0.29, 0.717) is 19.4 Å². The van der Waals surface area contributed by atoms with Crippen molar-refractivity contribution in [2.45, 2.75) is 31.2 Å². The summed E-state index contributed by atoms with van der Waals surface area (Å²) >= 11 is 0. The van der Waals surface area contributed by atoms with Crippen molar-refractivity contribution < 1.29 is 9.90 Å². The molecule has 1 saturated carbocycles. The molecule has 4 nitrogen and oxygen atoms in total. The fourth-order valence-corrected chi connectivity index (χ4v) is 1.88. The van der Waals surface area contributed by atoms with Gasteiger partial charge < -0.3 is 16.6 Å². The predicted molar refractivity (Wildman–Crippen MR) is 45.6 cm³/mol. The van der Waals surface area contributed by atoms with E-state index in [2.05, 4.69) is 0 Å². The molecule has 0 aromatic carbocycles. The number of rotatable bonds is 3. The monoisotopic (exact) mass is 172 g/mol. The second-order valence-electron chi connectivity index (χ2n) is 3.68. The average molecular weight is 172 g/mol. The lowest BCUT2D eigenvalue weighted by Gasteiger charge is -2.22. The van der Waals surface area contributed by atoms with Gasteiger partial charge in [0, 0.05) is 5.54 Å². The van der Waals surface area contributed by atoms with Gasteiger partial charge in [0.25, 0.3) is 0 Å². The smallest absolute Gasteiger partial charge is 0.306 e. The summed E-state index contributed by atoms with van der Waals surface area (Å²) in [5.74, 6) is -0.971. The van der Waals surface area contributed by atoms with Crippen molar-refractivity contribution in [1.29, 1.82) is 0 Å². The van der Waals surface area contributed by atoms with Crippen molar-refractivity contribution in [3.05, 3.63) is 0 Å². The lowest BCUT2D eigenvalue weighted by molar-refractivity contribution is -0.141. The van der Waals surface area contributed by atoms with Gasteiger partial charge in [0.15, 0.2) is 0 Å². The summed E-state index contributed by atoms with van der Waals surface area (Å²) in [6, 6.07) is 0. The maximum atomic E-state index is 10.6. The summed E-state index contributed by atoms with van der Waals surface area (Å²) in [5, 5.41) is 8.73. The zero-order valence-corrected chi connectivity index (χ0v) is 7.12. The molecule has 1 fully saturated rings. The summed E-state index contributed by atoms with van der Waals surface area (Å²) in [6.45, 7) is 0.544. The number of carboxylic acids is 1. The van der Waals surface area contributed by atoms with Crippen LogP contribution < -0.4 is 11.5 Å². The maximum absolute atomic E-state index is 10.6. The van der Waals surface area contributed by atoms with Gasteiger partial charge in [-0.2, -0.15) is 0 Å². The van der Waals surface area contributed by atoms with E-state index in [-0.39, 0.29) is 11.5 Å². The summed E-state index contributed by atoms with van der Waals surface area (Å²) in [6.07, 6.45) is 2.81. The van der Waals surface area contributed by atoms with Gasteiger partial charge in [-0.15, -0.1) is 0 Å². The topological polar surface area (TPSA) is 89.3 Å². The highest BCUT2D eigenvalue weighted by Gasteiger charge is 2.38. The van der Waals surface area contributed by atoms with Gasteiger partial charge in [-0.1, -0.05) is 0 Å². The fourth-order valence-electron chi connectivity index (χ4n) is 1.88. The van der Waals surface area contributed by atoms with Crippen molar-refractivity contribution in [3.63, 3.8) is 0 Å². The number of hydrogen-bond donors (Lipinski definition) is 3. The number of nitrogens with two attached hydrogens (primary N) is 2. The first-order chi connectivity index (χ1) is 5.57. The molecule has 2 unspecified atom stereocenters. The molecule has 1 aliphatic carbocycles. The Hall–Kier alpha value is -0.610. The molecule has 1 aliphatic rings. The summed E-state index contributed by atoms with van der Waals surface area (Å²) < 4.78 is 0. The minimum absolute atomic E-state index is 0.249. The maximum Gasteiger partial charge on any atom is 0.306 e. The molecule has 0 aliphatic heterocycles. The van der Waals surface area contributed by atoms with Crippen LogP contribution in [0.3, 0.4) is 0 Å². The molecular weight excluding hydrogens is 156 g/mol. The normalized spacial score (nSPS) is 35.3. The lowest BCUT2D eigenvalue weighted by atomic mass is 9.93. The standard InChI is InChI=1S/C8H16N2O2/c9-4-3-8(10)2-1-6(5-8)7(11)12/h6H,1-5,9-10H2,(H,11,12). The van der Waals surface area contributed by atoms with Crippen LogP contribution in [0.5, 0.6) is 0 Å². The second-order valence-corrected chi connectivity index (χ2v) is 3.68. The Morgan fingerprint density at radius 3 is 2.75 bits per heavy atom. The third-order valence-electron chi connectivity index (χ3n) is 2.64. The molecular formula is C8H16N2O2. The van der Waals surface area contributed by atoms with Crippen LogP contribution in [-0.2, 0) is 4.79 Å². The Balaban J connectivity index is 2.48. The number of aliphatic carboxylic acids is 1. The minimum atomic E-state index is -0.723. The predicted octanol–water partition coefficient (Wildman–Crippen LogP) is -0.0826. The summed E-state index contributed by atoms with van der Waals surface area (Å²) in [4.78, 5) is 10.6. The van der Waals surface area contributed by atoms with Crippen LogP contribution in [0, 0.1) is 5.92 Å². The molecule has 0 radical (unpaired) electrons. The molecule has 0 saturated heterocycles. The van der Waals surface area contributed by atoms with Crippen LogP contribution in [0.1, 0.15) is 25.7 Å². The molecule has 0 heterocycles. The molecule has 12 heavy (non-hydrogen) atoms. The highest BCUT2D eigenvalue weighted by Crippen LogP contribution is 2.34. The summed E-state index contributed by atoms with van der Waals surface area (Å²) in [7, 11) is 0. The molecule has 0 bridgehead atoms. The molecule has 0 aromatic rings. The zero-order valence-electron chi connectivity index (χ0n) is 7.12. The molecule has 70 valence electrons. The van der Waals surface area contributed by atoms with Crippen molar-refractivity contribution in [2.24, 2.45) is 17.4 Å². The first-order valence-corrected chi connectivity index (χ1v) is 4.29. The van der Waals surface area contributed by atoms with E-state index in [1.165, 1.54) is 0 Å². The first kappa shape index (κ1) is 9.48. The van der Waals surface area contributed by atoms with Crippen LogP contribution in [0.25, 0.3) is 0 Å². The van der Waals surface area contributed by atoms with E-state index in [1.54, 1.807) is 0 Å². The van der Waals surface area contributed by atoms with E-state index < -0.39 is 5.97 Å². The summed E-state index contributed by atoms with van der Waals surface area (Å²) in [5.41, 5.74) is 11.0. The van der Waals surface area contributed by atoms with Crippen LogP contribution in [-0.4, -0.2) is 23.2 Å². The molecule has 0 spiro atoms. The SMILES string of the molecule is NCCC1(N)CCC(C(=O)O)C1. The van der Waals surface area contributed by atoms with Gasteiger partial charge in [0.1, 0.15) is 0 Å². The first-order valence-electron chi connectivity index (χ1n) is 4.29. The van der Waals surface area contributed by atoms with E-state index in [0.717, 1.165) is 12.8 Å². The molecule has 2 atom stereocenters. The zero-order chi connectivity index (χ0) is 9.19. The Morgan fingerprint density at radius 2 is 2.33 bits per heavy atom. The molecule has 1 rings (SSSR count). The minimum Gasteiger partial charge on any atom is -0.481 e. The second kappa shape index (κ2) is 3.41. The van der Waals surface area contributed by atoms with E-state index in [4.69, 9.17) is 16.6 Å². The van der Waals surface area contributed by atoms with E-state index in [9.17, 15) is 4.79 Å².